The van der Waals surface area contributed by atoms with Crippen LogP contribution in [0.2, 0.25) is 0 Å². The van der Waals surface area contributed by atoms with Gasteiger partial charge in [-0.2, -0.15) is 12.6 Å². The maximum Gasteiger partial charge on any atom is 0.408 e. The molecule has 0 fully saturated rings. The zero-order valence-electron chi connectivity index (χ0n) is 26.5. The first kappa shape index (κ1) is 34.7. The summed E-state index contributed by atoms with van der Waals surface area (Å²) in [4.78, 5) is 42.7. The molecule has 236 valence electrons. The molecule has 0 bridgehead atoms. The Balaban J connectivity index is 1.99. The van der Waals surface area contributed by atoms with Crippen molar-refractivity contribution < 1.29 is 19.1 Å². The van der Waals surface area contributed by atoms with Crippen molar-refractivity contribution in [2.45, 2.75) is 83.9 Å². The molecule has 2 unspecified atom stereocenters. The number of hydrogen-bond donors (Lipinski definition) is 3. The molecule has 3 amide bonds. The average molecular weight is 618 g/mol. The summed E-state index contributed by atoms with van der Waals surface area (Å²) in [7, 11) is 0. The lowest BCUT2D eigenvalue weighted by atomic mass is 9.99. The summed E-state index contributed by atoms with van der Waals surface area (Å²) < 4.78 is 5.43. The highest BCUT2D eigenvalue weighted by atomic mass is 32.1. The molecule has 8 heteroatoms. The number of alkyl carbamates (subject to hydrolysis) is 1. The molecule has 0 saturated heterocycles. The third-order valence-electron chi connectivity index (χ3n) is 7.25. The minimum atomic E-state index is -0.994. The molecular weight excluding hydrogens is 570 g/mol. The van der Waals surface area contributed by atoms with E-state index in [-0.39, 0.29) is 11.7 Å². The first-order valence-corrected chi connectivity index (χ1v) is 16.1. The van der Waals surface area contributed by atoms with Crippen LogP contribution in [0.5, 0.6) is 0 Å². The summed E-state index contributed by atoms with van der Waals surface area (Å²) in [6, 6.07) is 19.2. The van der Waals surface area contributed by atoms with Crippen LogP contribution in [-0.4, -0.2) is 46.7 Å². The summed E-state index contributed by atoms with van der Waals surface area (Å²) in [5.74, 6) is -0.713. The van der Waals surface area contributed by atoms with Gasteiger partial charge in [-0.25, -0.2) is 4.79 Å². The molecule has 0 aliphatic rings. The normalized spacial score (nSPS) is 12.7. The molecule has 3 rings (SSSR count). The smallest absolute Gasteiger partial charge is 0.408 e. The van der Waals surface area contributed by atoms with Crippen molar-refractivity contribution in [1.29, 1.82) is 0 Å². The number of hydrogen-bond acceptors (Lipinski definition) is 5. The second-order valence-corrected chi connectivity index (χ2v) is 12.4. The van der Waals surface area contributed by atoms with Gasteiger partial charge >= 0.3 is 6.09 Å². The molecule has 0 spiro atoms. The Labute approximate surface area is 267 Å². The third kappa shape index (κ3) is 10.4. The summed E-state index contributed by atoms with van der Waals surface area (Å²) in [6.07, 6.45) is 7.09. The summed E-state index contributed by atoms with van der Waals surface area (Å²) in [6.45, 7) is 11.7. The van der Waals surface area contributed by atoms with Crippen LogP contribution >= 0.6 is 12.6 Å². The first-order chi connectivity index (χ1) is 21.1. The van der Waals surface area contributed by atoms with Crippen LogP contribution in [0.1, 0.15) is 83.4 Å². The zero-order chi connectivity index (χ0) is 32.1. The fourth-order valence-corrected chi connectivity index (χ4v) is 5.32. The quantitative estimate of drug-likeness (QED) is 0.119. The van der Waals surface area contributed by atoms with E-state index in [4.69, 9.17) is 4.74 Å². The van der Waals surface area contributed by atoms with E-state index in [0.29, 0.717) is 24.2 Å². The van der Waals surface area contributed by atoms with Gasteiger partial charge in [0.15, 0.2) is 0 Å². The Morgan fingerprint density at radius 1 is 0.932 bits per heavy atom. The molecule has 7 nitrogen and oxygen atoms in total. The molecule has 3 aromatic rings. The number of nitrogens with one attached hydrogen (secondary N) is 2. The van der Waals surface area contributed by atoms with Crippen LogP contribution in [0.25, 0.3) is 16.8 Å². The van der Waals surface area contributed by atoms with Gasteiger partial charge in [0.2, 0.25) is 5.91 Å². The van der Waals surface area contributed by atoms with Crippen molar-refractivity contribution in [1.82, 2.24) is 10.2 Å². The van der Waals surface area contributed by atoms with Crippen LogP contribution in [0.3, 0.4) is 0 Å². The Kier molecular flexibility index (Phi) is 13.3. The van der Waals surface area contributed by atoms with Crippen LogP contribution in [0.4, 0.5) is 10.5 Å². The standard InChI is InChI=1S/C36H47N3O4S/c1-6-8-9-10-11-14-22-39(34(41)31(25-44)38-35(42)43-36(3,4)5)32(29-19-15-16-26(7-2)23-29)33(40)37-30-21-20-27-17-12-13-18-28(27)24-30/h7,12-13,15-21,23-24,31-32,44H,2,6,8-11,14,22,25H2,1,3-5H3,(H,37,40)(H,38,42). The number of thiol groups is 1. The molecule has 0 aliphatic heterocycles. The third-order valence-corrected chi connectivity index (χ3v) is 7.61. The molecule has 0 aliphatic carbocycles. The molecule has 3 aromatic carbocycles. The lowest BCUT2D eigenvalue weighted by Crippen LogP contribution is -2.53. The highest BCUT2D eigenvalue weighted by molar-refractivity contribution is 7.80. The topological polar surface area (TPSA) is 87.7 Å². The van der Waals surface area contributed by atoms with Gasteiger partial charge in [0, 0.05) is 18.0 Å². The number of anilines is 1. The number of rotatable bonds is 15. The van der Waals surface area contributed by atoms with E-state index in [1.165, 1.54) is 0 Å². The van der Waals surface area contributed by atoms with E-state index in [1.54, 1.807) is 31.7 Å². The van der Waals surface area contributed by atoms with Crippen LogP contribution in [0.15, 0.2) is 73.3 Å². The van der Waals surface area contributed by atoms with E-state index in [0.717, 1.165) is 48.4 Å². The van der Waals surface area contributed by atoms with Crippen LogP contribution in [-0.2, 0) is 14.3 Å². The Bertz CT molecular complexity index is 1420. The Hall–Kier alpha value is -3.78. The lowest BCUT2D eigenvalue weighted by Gasteiger charge is -2.34. The summed E-state index contributed by atoms with van der Waals surface area (Å²) in [5.41, 5.74) is 1.37. The van der Waals surface area contributed by atoms with E-state index in [2.05, 4.69) is 36.8 Å². The molecule has 0 radical (unpaired) electrons. The van der Waals surface area contributed by atoms with Crippen molar-refractivity contribution in [2.75, 3.05) is 17.6 Å². The molecule has 44 heavy (non-hydrogen) atoms. The number of carbonyl (C=O) groups excluding carboxylic acids is 3. The summed E-state index contributed by atoms with van der Waals surface area (Å²) >= 11 is 4.41. The predicted octanol–water partition coefficient (Wildman–Crippen LogP) is 8.17. The van der Waals surface area contributed by atoms with Crippen molar-refractivity contribution in [3.8, 4) is 0 Å². The fourth-order valence-electron chi connectivity index (χ4n) is 5.07. The lowest BCUT2D eigenvalue weighted by molar-refractivity contribution is -0.140. The molecular formula is C36H47N3O4S. The van der Waals surface area contributed by atoms with Gasteiger partial charge in [-0.15, -0.1) is 0 Å². The minimum Gasteiger partial charge on any atom is -0.444 e. The largest absolute Gasteiger partial charge is 0.444 e. The number of ether oxygens (including phenoxy) is 1. The molecule has 0 heterocycles. The second-order valence-electron chi connectivity index (χ2n) is 12.0. The second kappa shape index (κ2) is 16.9. The predicted molar refractivity (Wildman–Crippen MR) is 184 cm³/mol. The van der Waals surface area contributed by atoms with Crippen molar-refractivity contribution >= 4 is 53.1 Å². The average Bonchev–Trinajstić information content (AvgIpc) is 2.99. The highest BCUT2D eigenvalue weighted by Crippen LogP contribution is 2.28. The Morgan fingerprint density at radius 2 is 1.64 bits per heavy atom. The van der Waals surface area contributed by atoms with E-state index in [9.17, 15) is 14.4 Å². The van der Waals surface area contributed by atoms with Crippen molar-refractivity contribution in [3.05, 3.63) is 84.4 Å². The maximum atomic E-state index is 14.2. The highest BCUT2D eigenvalue weighted by Gasteiger charge is 2.36. The van der Waals surface area contributed by atoms with Crippen molar-refractivity contribution in [3.63, 3.8) is 0 Å². The van der Waals surface area contributed by atoms with Crippen molar-refractivity contribution in [2.24, 2.45) is 0 Å². The number of unbranched alkanes of at least 4 members (excludes halogenated alkanes) is 5. The number of benzene rings is 3. The fraction of sp³-hybridized carbons (Fsp3) is 0.417. The molecule has 2 atom stereocenters. The first-order valence-electron chi connectivity index (χ1n) is 15.5. The molecule has 0 aromatic heterocycles. The monoisotopic (exact) mass is 617 g/mol. The Morgan fingerprint density at radius 3 is 2.32 bits per heavy atom. The minimum absolute atomic E-state index is 0.0385. The van der Waals surface area contributed by atoms with Gasteiger partial charge in [-0.3, -0.25) is 9.59 Å². The maximum absolute atomic E-state index is 14.2. The van der Waals surface area contributed by atoms with Gasteiger partial charge in [0.05, 0.1) is 0 Å². The number of carbonyl (C=O) groups is 3. The van der Waals surface area contributed by atoms with Gasteiger partial charge in [-0.05, 0) is 67.3 Å². The van der Waals surface area contributed by atoms with Gasteiger partial charge in [0.1, 0.15) is 17.7 Å². The number of fused-ring (bicyclic) bond motifs is 1. The van der Waals surface area contributed by atoms with Gasteiger partial charge in [-0.1, -0.05) is 100 Å². The molecule has 2 N–H and O–H groups in total. The number of nitrogens with zero attached hydrogens (tertiary/aromatic N) is 1. The van der Waals surface area contributed by atoms with Crippen LogP contribution < -0.4 is 10.6 Å². The SMILES string of the molecule is C=Cc1cccc(C(C(=O)Nc2ccc3ccccc3c2)N(CCCCCCCC)C(=O)C(CS)NC(=O)OC(C)(C)C)c1. The zero-order valence-corrected chi connectivity index (χ0v) is 27.4. The van der Waals surface area contributed by atoms with E-state index >= 15 is 0 Å². The van der Waals surface area contributed by atoms with E-state index in [1.807, 2.05) is 66.7 Å². The van der Waals surface area contributed by atoms with Crippen LogP contribution in [0, 0.1) is 0 Å². The summed E-state index contributed by atoms with van der Waals surface area (Å²) in [5, 5.41) is 7.80. The van der Waals surface area contributed by atoms with Gasteiger partial charge in [0.25, 0.3) is 5.91 Å². The van der Waals surface area contributed by atoms with E-state index < -0.39 is 29.7 Å². The molecule has 0 saturated carbocycles. The van der Waals surface area contributed by atoms with Gasteiger partial charge < -0.3 is 20.3 Å². The number of amides is 3.